The van der Waals surface area contributed by atoms with E-state index < -0.39 is 5.54 Å². The van der Waals surface area contributed by atoms with Crippen LogP contribution in [0, 0.1) is 29.1 Å². The molecule has 6 fully saturated rings. The van der Waals surface area contributed by atoms with Crippen molar-refractivity contribution in [1.82, 2.24) is 15.5 Å². The molecule has 4 unspecified atom stereocenters. The van der Waals surface area contributed by atoms with Crippen LogP contribution < -0.4 is 10.6 Å². The normalized spacial score (nSPS) is 42.1. The number of carbonyl (C=O) groups is 3. The van der Waals surface area contributed by atoms with Crippen molar-refractivity contribution in [1.29, 1.82) is 0 Å². The summed E-state index contributed by atoms with van der Waals surface area (Å²) in [4.78, 5) is 41.0. The third kappa shape index (κ3) is 2.49. The van der Waals surface area contributed by atoms with Crippen molar-refractivity contribution in [2.75, 3.05) is 13.1 Å². The molecule has 1 aromatic carbocycles. The lowest BCUT2D eigenvalue weighted by atomic mass is 9.70. The molecule has 0 spiro atoms. The Hall–Kier alpha value is -2.37. The summed E-state index contributed by atoms with van der Waals surface area (Å²) in [6, 6.07) is 10.9. The van der Waals surface area contributed by atoms with Crippen LogP contribution in [0.5, 0.6) is 0 Å². The van der Waals surface area contributed by atoms with Crippen molar-refractivity contribution in [3.63, 3.8) is 0 Å². The number of nitrogens with zero attached hydrogens (tertiary/aromatic N) is 1. The van der Waals surface area contributed by atoms with E-state index >= 15 is 0 Å². The molecule has 5 aliphatic carbocycles. The van der Waals surface area contributed by atoms with Crippen molar-refractivity contribution in [2.24, 2.45) is 29.1 Å². The molecular formula is C26H31N3O3. The fourth-order valence-electron chi connectivity index (χ4n) is 7.95. The molecule has 5 saturated carbocycles. The molecule has 168 valence electrons. The molecular weight excluding hydrogens is 402 g/mol. The summed E-state index contributed by atoms with van der Waals surface area (Å²) >= 11 is 0. The van der Waals surface area contributed by atoms with Gasteiger partial charge < -0.3 is 15.5 Å². The predicted octanol–water partition coefficient (Wildman–Crippen LogP) is 2.20. The molecule has 1 aromatic rings. The number of amides is 3. The third-order valence-corrected chi connectivity index (χ3v) is 9.74. The largest absolute Gasteiger partial charge is 0.352 e. The van der Waals surface area contributed by atoms with Gasteiger partial charge in [-0.25, -0.2) is 0 Å². The van der Waals surface area contributed by atoms with Gasteiger partial charge in [0.1, 0.15) is 5.54 Å². The number of carbonyl (C=O) groups excluding carboxylic acids is 3. The average Bonchev–Trinajstić information content (AvgIpc) is 3.61. The van der Waals surface area contributed by atoms with Gasteiger partial charge in [-0.15, -0.1) is 0 Å². The van der Waals surface area contributed by atoms with E-state index in [9.17, 15) is 14.4 Å². The van der Waals surface area contributed by atoms with Gasteiger partial charge in [0.05, 0.1) is 5.41 Å². The molecule has 0 aromatic heterocycles. The summed E-state index contributed by atoms with van der Waals surface area (Å²) in [5.74, 6) is 2.07. The monoisotopic (exact) mass is 433 g/mol. The van der Waals surface area contributed by atoms with Crippen molar-refractivity contribution in [3.05, 3.63) is 35.9 Å². The second-order valence-electron chi connectivity index (χ2n) is 11.4. The molecule has 7 rings (SSSR count). The molecule has 1 heterocycles. The fourth-order valence-corrected chi connectivity index (χ4v) is 7.95. The first kappa shape index (κ1) is 19.1. The summed E-state index contributed by atoms with van der Waals surface area (Å²) in [7, 11) is 0. The van der Waals surface area contributed by atoms with E-state index in [1.54, 1.807) is 0 Å². The highest BCUT2D eigenvalue weighted by molar-refractivity contribution is 5.97. The Kier molecular flexibility index (Phi) is 3.80. The first-order valence-electron chi connectivity index (χ1n) is 12.5. The van der Waals surface area contributed by atoms with Gasteiger partial charge in [-0.1, -0.05) is 30.3 Å². The minimum absolute atomic E-state index is 0.0287. The molecule has 2 N–H and O–H groups in total. The molecule has 6 heteroatoms. The van der Waals surface area contributed by atoms with Crippen LogP contribution in [0.4, 0.5) is 0 Å². The second kappa shape index (κ2) is 6.36. The number of hydrogen-bond acceptors (Lipinski definition) is 3. The van der Waals surface area contributed by atoms with E-state index in [1.807, 2.05) is 6.07 Å². The molecule has 6 aliphatic rings. The van der Waals surface area contributed by atoms with Gasteiger partial charge in [0, 0.05) is 31.0 Å². The maximum Gasteiger partial charge on any atom is 0.246 e. The molecule has 2 bridgehead atoms. The summed E-state index contributed by atoms with van der Waals surface area (Å²) in [6.45, 7) is 1.06. The summed E-state index contributed by atoms with van der Waals surface area (Å²) in [6.07, 6.45) is 6.86. The van der Waals surface area contributed by atoms with Gasteiger partial charge in [0.15, 0.2) is 0 Å². The molecule has 6 nitrogen and oxygen atoms in total. The standard InChI is InChI=1S/C26H31N3O3/c30-22-18-10-15-11-20(18)26(12-15,28-22)23(31)27-8-9-29(17-6-7-17)24(32)25-13-19(21(25)14-25)16-4-2-1-3-5-16/h1-5,15,17-21H,6-14H2,(H,27,31)(H,28,30)/t15?,18?,19-,20?,21+,25-,26?/m1/s1. The third-order valence-electron chi connectivity index (χ3n) is 9.74. The van der Waals surface area contributed by atoms with E-state index in [4.69, 9.17) is 0 Å². The van der Waals surface area contributed by atoms with Crippen LogP contribution in [0.1, 0.15) is 56.4 Å². The van der Waals surface area contributed by atoms with Crippen LogP contribution >= 0.6 is 0 Å². The Morgan fingerprint density at radius 1 is 1.03 bits per heavy atom. The van der Waals surface area contributed by atoms with Gasteiger partial charge in [-0.05, 0) is 68.3 Å². The van der Waals surface area contributed by atoms with Crippen molar-refractivity contribution < 1.29 is 14.4 Å². The SMILES string of the molecule is O=C1NC2(C(=O)NCCN(C(=O)[C@@]34C[C@H](c5ccccc5)[C@@H]3C4)C3CC3)CC3CC1C2C3. The molecule has 7 atom stereocenters. The zero-order chi connectivity index (χ0) is 21.7. The van der Waals surface area contributed by atoms with Crippen LogP contribution in [0.25, 0.3) is 0 Å². The quantitative estimate of drug-likeness (QED) is 0.692. The zero-order valence-corrected chi connectivity index (χ0v) is 18.4. The summed E-state index contributed by atoms with van der Waals surface area (Å²) in [5, 5.41) is 6.16. The van der Waals surface area contributed by atoms with Gasteiger partial charge in [-0.2, -0.15) is 0 Å². The van der Waals surface area contributed by atoms with Crippen LogP contribution in [0.2, 0.25) is 0 Å². The van der Waals surface area contributed by atoms with Crippen LogP contribution in [0.3, 0.4) is 0 Å². The lowest BCUT2D eigenvalue weighted by Gasteiger charge is -2.38. The Bertz CT molecular complexity index is 1010. The summed E-state index contributed by atoms with van der Waals surface area (Å²) < 4.78 is 0. The Morgan fingerprint density at radius 2 is 1.84 bits per heavy atom. The first-order chi connectivity index (χ1) is 15.5. The fraction of sp³-hybridized carbons (Fsp3) is 0.654. The Labute approximate surface area is 188 Å². The Balaban J connectivity index is 0.983. The zero-order valence-electron chi connectivity index (χ0n) is 18.4. The lowest BCUT2D eigenvalue weighted by Crippen LogP contribution is -2.57. The summed E-state index contributed by atoms with van der Waals surface area (Å²) in [5.41, 5.74) is 0.546. The van der Waals surface area contributed by atoms with E-state index in [-0.39, 0.29) is 29.1 Å². The second-order valence-corrected chi connectivity index (χ2v) is 11.4. The van der Waals surface area contributed by atoms with Gasteiger partial charge in [-0.3, -0.25) is 14.4 Å². The van der Waals surface area contributed by atoms with Crippen LogP contribution in [-0.2, 0) is 14.4 Å². The highest BCUT2D eigenvalue weighted by Crippen LogP contribution is 2.74. The predicted molar refractivity (Wildman–Crippen MR) is 117 cm³/mol. The highest BCUT2D eigenvalue weighted by atomic mass is 16.2. The number of benzene rings is 1. The molecule has 0 radical (unpaired) electrons. The van der Waals surface area contributed by atoms with Crippen molar-refractivity contribution in [3.8, 4) is 0 Å². The number of hydrogen-bond donors (Lipinski definition) is 2. The van der Waals surface area contributed by atoms with Gasteiger partial charge in [0.2, 0.25) is 17.7 Å². The van der Waals surface area contributed by atoms with E-state index in [0.29, 0.717) is 42.8 Å². The van der Waals surface area contributed by atoms with Crippen LogP contribution in [-0.4, -0.2) is 47.3 Å². The van der Waals surface area contributed by atoms with E-state index in [1.165, 1.54) is 5.56 Å². The van der Waals surface area contributed by atoms with Gasteiger partial charge in [0.25, 0.3) is 0 Å². The Morgan fingerprint density at radius 3 is 2.56 bits per heavy atom. The minimum atomic E-state index is -0.684. The van der Waals surface area contributed by atoms with E-state index in [2.05, 4.69) is 39.8 Å². The average molecular weight is 434 g/mol. The number of rotatable bonds is 7. The minimum Gasteiger partial charge on any atom is -0.352 e. The topological polar surface area (TPSA) is 78.5 Å². The lowest BCUT2D eigenvalue weighted by molar-refractivity contribution is -0.141. The van der Waals surface area contributed by atoms with E-state index in [0.717, 1.165) is 44.9 Å². The highest BCUT2D eigenvalue weighted by Gasteiger charge is 2.72. The molecule has 3 amide bonds. The van der Waals surface area contributed by atoms with Crippen molar-refractivity contribution in [2.45, 2.75) is 62.4 Å². The maximum atomic E-state index is 13.5. The number of nitrogens with one attached hydrogen (secondary N) is 2. The van der Waals surface area contributed by atoms with Gasteiger partial charge >= 0.3 is 0 Å². The molecule has 32 heavy (non-hydrogen) atoms. The smallest absolute Gasteiger partial charge is 0.246 e. The number of fused-ring (bicyclic) bond motifs is 2. The molecule has 1 aliphatic heterocycles. The van der Waals surface area contributed by atoms with Crippen molar-refractivity contribution >= 4 is 17.7 Å². The first-order valence-corrected chi connectivity index (χ1v) is 12.5. The maximum absolute atomic E-state index is 13.5. The van der Waals surface area contributed by atoms with Crippen LogP contribution in [0.15, 0.2) is 30.3 Å². The molecule has 1 saturated heterocycles.